The molecule has 1 amide bonds. The summed E-state index contributed by atoms with van der Waals surface area (Å²) >= 11 is 0. The fourth-order valence-electron chi connectivity index (χ4n) is 4.51. The van der Waals surface area contributed by atoms with E-state index in [-0.39, 0.29) is 11.9 Å². The third-order valence-corrected chi connectivity index (χ3v) is 6.42. The molecule has 2 aromatic carbocycles. The van der Waals surface area contributed by atoms with Gasteiger partial charge in [-0.05, 0) is 48.8 Å². The number of hydrogen-bond donors (Lipinski definition) is 3. The molecule has 2 aliphatic heterocycles. The lowest BCUT2D eigenvalue weighted by Gasteiger charge is -2.29. The summed E-state index contributed by atoms with van der Waals surface area (Å²) in [5.74, 6) is 1.60. The van der Waals surface area contributed by atoms with Crippen LogP contribution in [-0.4, -0.2) is 46.5 Å². The minimum atomic E-state index is -0.336. The number of anilines is 3. The standard InChI is InChI=1S/C26H31N7O/c34-23-22(12-6-7-15-27-23)29-25-30-24(28-16-13-19-8-2-1-3-9-19)31-26(32-25)33-17-14-20-10-4-5-11-21(20)18-33/h1-5,8-11,22H,6-7,12-18H2,(H,27,34)(H2,28,29,30,31,32). The third kappa shape index (κ3) is 5.44. The van der Waals surface area contributed by atoms with E-state index in [0.717, 1.165) is 51.7 Å². The van der Waals surface area contributed by atoms with Gasteiger partial charge in [-0.1, -0.05) is 54.6 Å². The van der Waals surface area contributed by atoms with Gasteiger partial charge in [0.05, 0.1) is 0 Å². The van der Waals surface area contributed by atoms with E-state index in [2.05, 4.69) is 62.2 Å². The van der Waals surface area contributed by atoms with Crippen LogP contribution in [0.2, 0.25) is 0 Å². The van der Waals surface area contributed by atoms with Crippen LogP contribution in [0.15, 0.2) is 54.6 Å². The molecule has 0 aliphatic carbocycles. The molecule has 34 heavy (non-hydrogen) atoms. The zero-order chi connectivity index (χ0) is 23.2. The van der Waals surface area contributed by atoms with Crippen molar-refractivity contribution in [2.24, 2.45) is 0 Å². The molecule has 1 atom stereocenters. The van der Waals surface area contributed by atoms with Crippen molar-refractivity contribution in [3.8, 4) is 0 Å². The van der Waals surface area contributed by atoms with Gasteiger partial charge >= 0.3 is 0 Å². The van der Waals surface area contributed by atoms with Gasteiger partial charge in [0.2, 0.25) is 23.8 Å². The Hall–Kier alpha value is -3.68. The molecule has 1 unspecified atom stereocenters. The van der Waals surface area contributed by atoms with Gasteiger partial charge < -0.3 is 20.9 Å². The fraction of sp³-hybridized carbons (Fsp3) is 0.385. The van der Waals surface area contributed by atoms with Crippen molar-refractivity contribution in [3.05, 3.63) is 71.3 Å². The molecule has 1 saturated heterocycles. The van der Waals surface area contributed by atoms with Gasteiger partial charge in [0.25, 0.3) is 0 Å². The first-order chi connectivity index (χ1) is 16.7. The minimum absolute atomic E-state index is 0.00458. The van der Waals surface area contributed by atoms with Crippen molar-refractivity contribution >= 4 is 23.8 Å². The number of fused-ring (bicyclic) bond motifs is 1. The molecule has 0 bridgehead atoms. The number of aromatic nitrogens is 3. The average molecular weight is 458 g/mol. The molecule has 1 fully saturated rings. The van der Waals surface area contributed by atoms with Crippen LogP contribution < -0.4 is 20.9 Å². The number of rotatable bonds is 7. The molecule has 5 rings (SSSR count). The second-order valence-corrected chi connectivity index (χ2v) is 8.87. The van der Waals surface area contributed by atoms with Gasteiger partial charge in [0.15, 0.2) is 0 Å². The summed E-state index contributed by atoms with van der Waals surface area (Å²) in [7, 11) is 0. The van der Waals surface area contributed by atoms with Gasteiger partial charge in [0.1, 0.15) is 6.04 Å². The smallest absolute Gasteiger partial charge is 0.242 e. The lowest BCUT2D eigenvalue weighted by molar-refractivity contribution is -0.121. The van der Waals surface area contributed by atoms with Crippen molar-refractivity contribution < 1.29 is 4.79 Å². The first-order valence-corrected chi connectivity index (χ1v) is 12.1. The Morgan fingerprint density at radius 3 is 2.62 bits per heavy atom. The van der Waals surface area contributed by atoms with Crippen molar-refractivity contribution in [3.63, 3.8) is 0 Å². The summed E-state index contributed by atoms with van der Waals surface area (Å²) < 4.78 is 0. The van der Waals surface area contributed by atoms with E-state index in [9.17, 15) is 4.79 Å². The lowest BCUT2D eigenvalue weighted by atomic mass is 10.0. The maximum atomic E-state index is 12.5. The molecule has 8 nitrogen and oxygen atoms in total. The normalized spacial score (nSPS) is 17.9. The van der Waals surface area contributed by atoms with Crippen LogP contribution in [0.25, 0.3) is 0 Å². The predicted octanol–water partition coefficient (Wildman–Crippen LogP) is 3.17. The Morgan fingerprint density at radius 2 is 1.74 bits per heavy atom. The van der Waals surface area contributed by atoms with E-state index >= 15 is 0 Å². The van der Waals surface area contributed by atoms with E-state index < -0.39 is 0 Å². The SMILES string of the molecule is O=C1NCCCCC1Nc1nc(NCCc2ccccc2)nc(N2CCc3ccccc3C2)n1. The molecule has 0 radical (unpaired) electrons. The highest BCUT2D eigenvalue weighted by atomic mass is 16.2. The Kier molecular flexibility index (Phi) is 6.84. The molecule has 176 valence electrons. The molecule has 1 aromatic heterocycles. The molecule has 3 N–H and O–H groups in total. The van der Waals surface area contributed by atoms with Crippen LogP contribution in [0.5, 0.6) is 0 Å². The predicted molar refractivity (Wildman–Crippen MR) is 134 cm³/mol. The van der Waals surface area contributed by atoms with Gasteiger partial charge in [-0.15, -0.1) is 0 Å². The molecule has 2 aliphatic rings. The van der Waals surface area contributed by atoms with Crippen LogP contribution in [-0.2, 0) is 24.2 Å². The van der Waals surface area contributed by atoms with E-state index in [1.807, 2.05) is 18.2 Å². The minimum Gasteiger partial charge on any atom is -0.354 e. The average Bonchev–Trinajstić information content (AvgIpc) is 3.08. The summed E-state index contributed by atoms with van der Waals surface area (Å²) in [6.07, 6.45) is 4.56. The van der Waals surface area contributed by atoms with E-state index in [4.69, 9.17) is 9.97 Å². The summed E-state index contributed by atoms with van der Waals surface area (Å²) in [6.45, 7) is 3.03. The number of carbonyl (C=O) groups is 1. The quantitative estimate of drug-likeness (QED) is 0.502. The maximum Gasteiger partial charge on any atom is 0.242 e. The molecule has 0 saturated carbocycles. The first kappa shape index (κ1) is 22.1. The van der Waals surface area contributed by atoms with E-state index in [1.54, 1.807) is 0 Å². The molecule has 0 spiro atoms. The Labute approximate surface area is 200 Å². The number of nitrogens with one attached hydrogen (secondary N) is 3. The topological polar surface area (TPSA) is 95.1 Å². The van der Waals surface area contributed by atoms with Crippen LogP contribution in [0.3, 0.4) is 0 Å². The van der Waals surface area contributed by atoms with Gasteiger partial charge in [-0.3, -0.25) is 4.79 Å². The molecular formula is C26H31N7O. The first-order valence-electron chi connectivity index (χ1n) is 12.1. The highest BCUT2D eigenvalue weighted by Gasteiger charge is 2.24. The Morgan fingerprint density at radius 1 is 0.941 bits per heavy atom. The summed E-state index contributed by atoms with van der Waals surface area (Å²) in [4.78, 5) is 28.8. The van der Waals surface area contributed by atoms with Gasteiger partial charge in [0, 0.05) is 26.2 Å². The Bertz CT molecular complexity index is 1120. The zero-order valence-corrected chi connectivity index (χ0v) is 19.3. The van der Waals surface area contributed by atoms with Crippen LogP contribution >= 0.6 is 0 Å². The summed E-state index contributed by atoms with van der Waals surface area (Å²) in [6, 6.07) is 18.5. The summed E-state index contributed by atoms with van der Waals surface area (Å²) in [5, 5.41) is 9.61. The molecule has 3 aromatic rings. The molecule has 8 heteroatoms. The van der Waals surface area contributed by atoms with Crippen LogP contribution in [0, 0.1) is 0 Å². The fourth-order valence-corrected chi connectivity index (χ4v) is 4.51. The monoisotopic (exact) mass is 457 g/mol. The highest BCUT2D eigenvalue weighted by Crippen LogP contribution is 2.24. The highest BCUT2D eigenvalue weighted by molar-refractivity contribution is 5.84. The van der Waals surface area contributed by atoms with Gasteiger partial charge in [-0.2, -0.15) is 15.0 Å². The maximum absolute atomic E-state index is 12.5. The van der Waals surface area contributed by atoms with Crippen molar-refractivity contribution in [2.75, 3.05) is 35.2 Å². The largest absolute Gasteiger partial charge is 0.354 e. The summed E-state index contributed by atoms with van der Waals surface area (Å²) in [5.41, 5.74) is 3.93. The van der Waals surface area contributed by atoms with Crippen molar-refractivity contribution in [2.45, 2.75) is 44.7 Å². The van der Waals surface area contributed by atoms with Crippen molar-refractivity contribution in [1.82, 2.24) is 20.3 Å². The third-order valence-electron chi connectivity index (χ3n) is 6.42. The van der Waals surface area contributed by atoms with Gasteiger partial charge in [-0.25, -0.2) is 0 Å². The zero-order valence-electron chi connectivity index (χ0n) is 19.3. The second kappa shape index (κ2) is 10.5. The van der Waals surface area contributed by atoms with Crippen LogP contribution in [0.1, 0.15) is 36.0 Å². The number of hydrogen-bond acceptors (Lipinski definition) is 7. The number of amides is 1. The van der Waals surface area contributed by atoms with Crippen LogP contribution in [0.4, 0.5) is 17.8 Å². The Balaban J connectivity index is 1.36. The molecular weight excluding hydrogens is 426 g/mol. The number of carbonyl (C=O) groups excluding carboxylic acids is 1. The van der Waals surface area contributed by atoms with E-state index in [1.165, 1.54) is 16.7 Å². The second-order valence-electron chi connectivity index (χ2n) is 8.87. The number of nitrogens with zero attached hydrogens (tertiary/aromatic N) is 4. The lowest BCUT2D eigenvalue weighted by Crippen LogP contribution is -2.38. The van der Waals surface area contributed by atoms with Crippen molar-refractivity contribution in [1.29, 1.82) is 0 Å². The molecule has 3 heterocycles. The van der Waals surface area contributed by atoms with E-state index in [0.29, 0.717) is 24.4 Å². The number of benzene rings is 2.